The van der Waals surface area contributed by atoms with Crippen molar-refractivity contribution in [2.24, 2.45) is 28.6 Å². The van der Waals surface area contributed by atoms with Crippen LogP contribution in [-0.4, -0.2) is 44.7 Å². The summed E-state index contributed by atoms with van der Waals surface area (Å²) in [5, 5.41) is 32.4. The summed E-state index contributed by atoms with van der Waals surface area (Å²) in [5.41, 5.74) is -3.56. The number of Topliss-reactive ketones (excluding diaryl/α,β-unsaturated/α-hetero) is 2. The first-order valence-electron chi connectivity index (χ1n) is 10.2. The molecule has 0 amide bonds. The lowest BCUT2D eigenvalue weighted by molar-refractivity contribution is -0.230. The molecule has 0 bridgehead atoms. The van der Waals surface area contributed by atoms with Gasteiger partial charge in [0.1, 0.15) is 18.0 Å². The lowest BCUT2D eigenvalue weighted by atomic mass is 9.43. The average Bonchev–Trinajstić information content (AvgIpc) is 2.84. The second-order valence-electron chi connectivity index (χ2n) is 9.97. The van der Waals surface area contributed by atoms with Crippen LogP contribution >= 0.6 is 0 Å². The van der Waals surface area contributed by atoms with Crippen LogP contribution in [0, 0.1) is 28.6 Å². The zero-order valence-corrected chi connectivity index (χ0v) is 16.0. The Morgan fingerprint density at radius 3 is 2.46 bits per heavy atom. The fraction of sp³-hybridized carbons (Fsp3) is 0.905. The summed E-state index contributed by atoms with van der Waals surface area (Å²) >= 11 is 0. The number of rotatable bonds is 2. The van der Waals surface area contributed by atoms with Gasteiger partial charge in [0.2, 0.25) is 0 Å². The van der Waals surface area contributed by atoms with E-state index in [9.17, 15) is 24.9 Å². The number of aliphatic hydroxyl groups is 3. The number of ketones is 2. The van der Waals surface area contributed by atoms with E-state index in [1.54, 1.807) is 0 Å². The third-order valence-electron chi connectivity index (χ3n) is 9.42. The maximum Gasteiger partial charge on any atom is 0.190 e. The van der Waals surface area contributed by atoms with Gasteiger partial charge in [-0.15, -0.1) is 0 Å². The molecule has 0 spiro atoms. The summed E-state index contributed by atoms with van der Waals surface area (Å²) in [4.78, 5) is 24.3. The Morgan fingerprint density at radius 1 is 1.04 bits per heavy atom. The van der Waals surface area contributed by atoms with Crippen LogP contribution in [0.5, 0.6) is 0 Å². The minimum Gasteiger partial charge on any atom is -0.389 e. The van der Waals surface area contributed by atoms with Crippen LogP contribution in [-0.2, 0) is 9.59 Å². The lowest BCUT2D eigenvalue weighted by Gasteiger charge is -2.63. The van der Waals surface area contributed by atoms with Crippen LogP contribution in [0.15, 0.2) is 0 Å². The molecule has 26 heavy (non-hydrogen) atoms. The van der Waals surface area contributed by atoms with E-state index in [0.717, 1.165) is 25.7 Å². The predicted octanol–water partition coefficient (Wildman–Crippen LogP) is 2.01. The lowest BCUT2D eigenvalue weighted by Crippen LogP contribution is -2.66. The van der Waals surface area contributed by atoms with Gasteiger partial charge in [-0.2, -0.15) is 0 Å². The molecule has 7 atom stereocenters. The van der Waals surface area contributed by atoms with Gasteiger partial charge in [-0.25, -0.2) is 0 Å². The van der Waals surface area contributed by atoms with Crippen LogP contribution in [0.3, 0.4) is 0 Å². The molecule has 4 fully saturated rings. The van der Waals surface area contributed by atoms with Crippen LogP contribution in [0.2, 0.25) is 0 Å². The molecular formula is C21H32O5. The molecular weight excluding hydrogens is 332 g/mol. The third-order valence-corrected chi connectivity index (χ3v) is 9.42. The zero-order valence-electron chi connectivity index (χ0n) is 16.0. The van der Waals surface area contributed by atoms with Gasteiger partial charge in [0, 0.05) is 18.3 Å². The molecule has 0 heterocycles. The Kier molecular flexibility index (Phi) is 4.01. The van der Waals surface area contributed by atoms with Gasteiger partial charge in [-0.3, -0.25) is 9.59 Å². The number of aliphatic hydroxyl groups excluding tert-OH is 1. The van der Waals surface area contributed by atoms with Gasteiger partial charge in [-0.05, 0) is 68.1 Å². The van der Waals surface area contributed by atoms with E-state index in [4.69, 9.17) is 0 Å². The van der Waals surface area contributed by atoms with Crippen molar-refractivity contribution in [1.82, 2.24) is 0 Å². The van der Waals surface area contributed by atoms with Crippen molar-refractivity contribution in [3.8, 4) is 0 Å². The first-order chi connectivity index (χ1) is 12.1. The van der Waals surface area contributed by atoms with E-state index in [2.05, 4.69) is 6.92 Å². The van der Waals surface area contributed by atoms with Gasteiger partial charge in [0.25, 0.3) is 0 Å². The van der Waals surface area contributed by atoms with E-state index in [1.807, 2.05) is 6.92 Å². The minimum atomic E-state index is -1.64. The fourth-order valence-electron chi connectivity index (χ4n) is 7.61. The van der Waals surface area contributed by atoms with E-state index in [0.29, 0.717) is 43.3 Å². The van der Waals surface area contributed by atoms with Crippen LogP contribution in [0.1, 0.15) is 71.6 Å². The Labute approximate surface area is 155 Å². The first-order valence-corrected chi connectivity index (χ1v) is 10.2. The molecule has 4 rings (SSSR count). The topological polar surface area (TPSA) is 94.8 Å². The number of hydrogen-bond donors (Lipinski definition) is 3. The Morgan fingerprint density at radius 2 is 1.77 bits per heavy atom. The number of carbonyl (C=O) groups excluding carboxylic acids is 2. The van der Waals surface area contributed by atoms with Crippen molar-refractivity contribution in [2.45, 2.75) is 82.8 Å². The van der Waals surface area contributed by atoms with E-state index in [-0.39, 0.29) is 17.8 Å². The highest BCUT2D eigenvalue weighted by Crippen LogP contribution is 2.69. The molecule has 146 valence electrons. The number of carbonyl (C=O) groups is 2. The molecule has 4 aliphatic rings. The fourth-order valence-corrected chi connectivity index (χ4v) is 7.61. The monoisotopic (exact) mass is 364 g/mol. The summed E-state index contributed by atoms with van der Waals surface area (Å²) in [6.45, 7) is 3.47. The van der Waals surface area contributed by atoms with Crippen molar-refractivity contribution in [2.75, 3.05) is 6.61 Å². The smallest absolute Gasteiger partial charge is 0.190 e. The Balaban J connectivity index is 1.71. The molecule has 5 nitrogen and oxygen atoms in total. The molecule has 0 unspecified atom stereocenters. The molecule has 5 heteroatoms. The minimum absolute atomic E-state index is 0.0521. The quantitative estimate of drug-likeness (QED) is 0.697. The molecule has 4 aliphatic carbocycles. The average molecular weight is 364 g/mol. The van der Waals surface area contributed by atoms with Gasteiger partial charge in [-0.1, -0.05) is 13.8 Å². The van der Waals surface area contributed by atoms with Crippen LogP contribution in [0.4, 0.5) is 0 Å². The van der Waals surface area contributed by atoms with Gasteiger partial charge >= 0.3 is 0 Å². The van der Waals surface area contributed by atoms with Crippen molar-refractivity contribution in [1.29, 1.82) is 0 Å². The van der Waals surface area contributed by atoms with E-state index in [1.165, 1.54) is 0 Å². The zero-order chi connectivity index (χ0) is 19.0. The molecule has 0 aromatic rings. The summed E-state index contributed by atoms with van der Waals surface area (Å²) in [7, 11) is 0. The largest absolute Gasteiger partial charge is 0.389 e. The molecule has 0 aromatic carbocycles. The van der Waals surface area contributed by atoms with Gasteiger partial charge in [0.15, 0.2) is 5.78 Å². The van der Waals surface area contributed by atoms with Crippen molar-refractivity contribution >= 4 is 11.6 Å². The molecule has 0 aliphatic heterocycles. The third kappa shape index (κ3) is 2.03. The number of fused-ring (bicyclic) bond motifs is 5. The van der Waals surface area contributed by atoms with Crippen molar-refractivity contribution in [3.05, 3.63) is 0 Å². The van der Waals surface area contributed by atoms with Crippen molar-refractivity contribution in [3.63, 3.8) is 0 Å². The highest BCUT2D eigenvalue weighted by Gasteiger charge is 2.73. The molecule has 4 saturated carbocycles. The highest BCUT2D eigenvalue weighted by molar-refractivity contribution is 5.89. The molecule has 0 radical (unpaired) electrons. The molecule has 3 N–H and O–H groups in total. The summed E-state index contributed by atoms with van der Waals surface area (Å²) in [6.07, 6.45) is 6.08. The Hall–Kier alpha value is -0.780. The van der Waals surface area contributed by atoms with Crippen molar-refractivity contribution < 1.29 is 24.9 Å². The van der Waals surface area contributed by atoms with E-state index < -0.39 is 29.0 Å². The Bertz CT molecular complexity index is 646. The van der Waals surface area contributed by atoms with Crippen LogP contribution < -0.4 is 0 Å². The maximum atomic E-state index is 12.4. The SMILES string of the molecule is C[C@@]12CCC(=O)C[C@H]1CC[C@@H]1[C@@H]2CC[C@]2(C)[C@@]1(O)CC[C@]2(O)C(=O)CO. The number of hydrogen-bond acceptors (Lipinski definition) is 5. The molecule has 0 aromatic heterocycles. The summed E-state index contributed by atoms with van der Waals surface area (Å²) < 4.78 is 0. The summed E-state index contributed by atoms with van der Waals surface area (Å²) in [6, 6.07) is 0. The second kappa shape index (κ2) is 5.62. The maximum absolute atomic E-state index is 12.4. The van der Waals surface area contributed by atoms with E-state index >= 15 is 0 Å². The predicted molar refractivity (Wildman–Crippen MR) is 95.2 cm³/mol. The van der Waals surface area contributed by atoms with Gasteiger partial charge < -0.3 is 15.3 Å². The second-order valence-corrected chi connectivity index (χ2v) is 9.97. The van der Waals surface area contributed by atoms with Crippen LogP contribution in [0.25, 0.3) is 0 Å². The molecule has 0 saturated heterocycles. The van der Waals surface area contributed by atoms with Gasteiger partial charge in [0.05, 0.1) is 5.60 Å². The first kappa shape index (κ1) is 18.6. The highest BCUT2D eigenvalue weighted by atomic mass is 16.3. The standard InChI is InChI=1S/C21H32O5/c1-18-7-5-14(23)11-13(18)3-4-16-15(18)6-8-19(2)20(16,25)9-10-21(19,26)17(24)12-22/h13,15-16,22,25-26H,3-12H2,1-2H3/t13-,15+,16-,18-,19-,20-,21+/m1/s1. The normalized spacial score (nSPS) is 53.6. The summed E-state index contributed by atoms with van der Waals surface area (Å²) in [5.74, 6) is 0.596.